The summed E-state index contributed by atoms with van der Waals surface area (Å²) in [7, 11) is -3.61. The molecule has 1 aliphatic heterocycles. The first-order valence-electron chi connectivity index (χ1n) is 6.80. The molecule has 0 spiro atoms. The molecule has 1 aromatic rings. The van der Waals surface area contributed by atoms with Crippen LogP contribution in [0.15, 0.2) is 24.5 Å². The highest BCUT2D eigenvalue weighted by Gasteiger charge is 2.31. The summed E-state index contributed by atoms with van der Waals surface area (Å²) < 4.78 is 28.5. The highest BCUT2D eigenvalue weighted by Crippen LogP contribution is 2.21. The van der Waals surface area contributed by atoms with Gasteiger partial charge in [0, 0.05) is 31.5 Å². The topological polar surface area (TPSA) is 99.6 Å². The van der Waals surface area contributed by atoms with Crippen molar-refractivity contribution in [1.29, 1.82) is 0 Å². The minimum Gasteiger partial charge on any atom is -0.481 e. The van der Waals surface area contributed by atoms with Crippen molar-refractivity contribution in [3.63, 3.8) is 0 Å². The molecule has 0 amide bonds. The van der Waals surface area contributed by atoms with Gasteiger partial charge in [-0.1, -0.05) is 0 Å². The van der Waals surface area contributed by atoms with Gasteiger partial charge in [-0.05, 0) is 37.5 Å². The van der Waals surface area contributed by atoms with Gasteiger partial charge in [0.15, 0.2) is 0 Å². The number of carboxylic acid groups (broad SMARTS) is 1. The van der Waals surface area contributed by atoms with E-state index < -0.39 is 22.1 Å². The second kappa shape index (κ2) is 6.50. The normalized spacial score (nSPS) is 19.3. The van der Waals surface area contributed by atoms with Gasteiger partial charge in [-0.15, -0.1) is 0 Å². The Morgan fingerprint density at radius 3 is 2.48 bits per heavy atom. The fourth-order valence-corrected chi connectivity index (χ4v) is 3.78. The monoisotopic (exact) mass is 313 g/mol. The number of hydrogen-bond donors (Lipinski definition) is 2. The lowest BCUT2D eigenvalue weighted by atomic mass is 9.99. The standard InChI is InChI=1S/C13H19N3O4S/c1-10(11-2-6-14-7-3-11)15-21(19,20)16-8-4-12(5-9-16)13(17)18/h2-3,6-7,10,12,15H,4-5,8-9H2,1H3,(H,17,18)/t10-/m0/s1. The zero-order valence-corrected chi connectivity index (χ0v) is 12.6. The average molecular weight is 313 g/mol. The van der Waals surface area contributed by atoms with E-state index in [0.717, 1.165) is 5.56 Å². The zero-order valence-electron chi connectivity index (χ0n) is 11.8. The molecule has 2 heterocycles. The number of carboxylic acids is 1. The molecule has 0 aromatic carbocycles. The lowest BCUT2D eigenvalue weighted by molar-refractivity contribution is -0.142. The molecule has 2 rings (SSSR count). The Labute approximate surface area is 124 Å². The van der Waals surface area contributed by atoms with Gasteiger partial charge in [-0.25, -0.2) is 0 Å². The molecule has 1 aliphatic rings. The van der Waals surface area contributed by atoms with Gasteiger partial charge in [0.05, 0.1) is 5.92 Å². The molecule has 1 saturated heterocycles. The molecule has 0 aliphatic carbocycles. The molecule has 1 atom stereocenters. The lowest BCUT2D eigenvalue weighted by Gasteiger charge is -2.30. The fraction of sp³-hybridized carbons (Fsp3) is 0.538. The fourth-order valence-electron chi connectivity index (χ4n) is 2.36. The van der Waals surface area contributed by atoms with Crippen LogP contribution >= 0.6 is 0 Å². The highest BCUT2D eigenvalue weighted by molar-refractivity contribution is 7.87. The van der Waals surface area contributed by atoms with Crippen molar-refractivity contribution in [2.75, 3.05) is 13.1 Å². The maximum absolute atomic E-state index is 12.3. The summed E-state index contributed by atoms with van der Waals surface area (Å²) in [5.41, 5.74) is 0.828. The van der Waals surface area contributed by atoms with Crippen LogP contribution in [0.5, 0.6) is 0 Å². The summed E-state index contributed by atoms with van der Waals surface area (Å²) in [6, 6.07) is 3.14. The van der Waals surface area contributed by atoms with Crippen LogP contribution in [0.25, 0.3) is 0 Å². The van der Waals surface area contributed by atoms with Crippen molar-refractivity contribution in [2.24, 2.45) is 5.92 Å². The first-order chi connectivity index (χ1) is 9.90. The minimum absolute atomic E-state index is 0.232. The average Bonchev–Trinajstić information content (AvgIpc) is 2.48. The molecule has 1 fully saturated rings. The number of nitrogens with one attached hydrogen (secondary N) is 1. The largest absolute Gasteiger partial charge is 0.481 e. The summed E-state index contributed by atoms with van der Waals surface area (Å²) >= 11 is 0. The lowest BCUT2D eigenvalue weighted by Crippen LogP contribution is -2.46. The molecule has 0 radical (unpaired) electrons. The quantitative estimate of drug-likeness (QED) is 0.836. The smallest absolute Gasteiger partial charge is 0.306 e. The second-order valence-corrected chi connectivity index (χ2v) is 6.84. The third-order valence-corrected chi connectivity index (χ3v) is 5.37. The van der Waals surface area contributed by atoms with E-state index in [-0.39, 0.29) is 19.1 Å². The van der Waals surface area contributed by atoms with Crippen LogP contribution in [-0.2, 0) is 15.0 Å². The Hall–Kier alpha value is -1.51. The SMILES string of the molecule is C[C@H](NS(=O)(=O)N1CCC(C(=O)O)CC1)c1ccncc1. The van der Waals surface area contributed by atoms with E-state index in [0.29, 0.717) is 12.8 Å². The molecule has 21 heavy (non-hydrogen) atoms. The van der Waals surface area contributed by atoms with Gasteiger partial charge in [0.25, 0.3) is 10.2 Å². The van der Waals surface area contributed by atoms with E-state index in [1.807, 2.05) is 0 Å². The molecular weight excluding hydrogens is 294 g/mol. The van der Waals surface area contributed by atoms with Crippen molar-refractivity contribution < 1.29 is 18.3 Å². The first-order valence-corrected chi connectivity index (χ1v) is 8.24. The summed E-state index contributed by atoms with van der Waals surface area (Å²) in [5, 5.41) is 8.93. The number of rotatable bonds is 5. The zero-order chi connectivity index (χ0) is 15.5. The van der Waals surface area contributed by atoms with Crippen molar-refractivity contribution in [1.82, 2.24) is 14.0 Å². The third kappa shape index (κ3) is 3.99. The number of aromatic nitrogens is 1. The summed E-state index contributed by atoms with van der Waals surface area (Å²) in [5.74, 6) is -1.31. The molecule has 0 bridgehead atoms. The Kier molecular flexibility index (Phi) is 4.92. The number of carbonyl (C=O) groups is 1. The van der Waals surface area contributed by atoms with Crippen molar-refractivity contribution in [2.45, 2.75) is 25.8 Å². The van der Waals surface area contributed by atoms with Crippen LogP contribution in [0.3, 0.4) is 0 Å². The molecular formula is C13H19N3O4S. The Morgan fingerprint density at radius 2 is 1.95 bits per heavy atom. The predicted molar refractivity (Wildman–Crippen MR) is 76.6 cm³/mol. The van der Waals surface area contributed by atoms with E-state index in [1.165, 1.54) is 4.31 Å². The van der Waals surface area contributed by atoms with E-state index in [9.17, 15) is 13.2 Å². The van der Waals surface area contributed by atoms with E-state index in [4.69, 9.17) is 5.11 Å². The van der Waals surface area contributed by atoms with Crippen LogP contribution < -0.4 is 4.72 Å². The predicted octanol–water partition coefficient (Wildman–Crippen LogP) is 0.774. The maximum Gasteiger partial charge on any atom is 0.306 e. The Balaban J connectivity index is 1.98. The van der Waals surface area contributed by atoms with Crippen LogP contribution in [-0.4, -0.2) is 41.9 Å². The van der Waals surface area contributed by atoms with Crippen LogP contribution in [0.2, 0.25) is 0 Å². The maximum atomic E-state index is 12.3. The van der Waals surface area contributed by atoms with Crippen molar-refractivity contribution in [3.8, 4) is 0 Å². The molecule has 0 saturated carbocycles. The number of piperidine rings is 1. The molecule has 8 heteroatoms. The Bertz CT molecular complexity index is 583. The molecule has 0 unspecified atom stereocenters. The number of hydrogen-bond acceptors (Lipinski definition) is 4. The summed E-state index contributed by atoms with van der Waals surface area (Å²) in [6.07, 6.45) is 3.91. The van der Waals surface area contributed by atoms with Gasteiger partial charge in [0.1, 0.15) is 0 Å². The molecule has 7 nitrogen and oxygen atoms in total. The molecule has 2 N–H and O–H groups in total. The Morgan fingerprint density at radius 1 is 1.38 bits per heavy atom. The molecule has 1 aromatic heterocycles. The minimum atomic E-state index is -3.61. The van der Waals surface area contributed by atoms with E-state index >= 15 is 0 Å². The van der Waals surface area contributed by atoms with E-state index in [2.05, 4.69) is 9.71 Å². The molecule has 116 valence electrons. The van der Waals surface area contributed by atoms with E-state index in [1.54, 1.807) is 31.5 Å². The van der Waals surface area contributed by atoms with Crippen LogP contribution in [0, 0.1) is 5.92 Å². The number of nitrogens with zero attached hydrogens (tertiary/aromatic N) is 2. The number of pyridine rings is 1. The van der Waals surface area contributed by atoms with Gasteiger partial charge >= 0.3 is 5.97 Å². The van der Waals surface area contributed by atoms with Crippen LogP contribution in [0.1, 0.15) is 31.4 Å². The van der Waals surface area contributed by atoms with Crippen LogP contribution in [0.4, 0.5) is 0 Å². The van der Waals surface area contributed by atoms with Gasteiger partial charge < -0.3 is 5.11 Å². The van der Waals surface area contributed by atoms with Crippen molar-refractivity contribution in [3.05, 3.63) is 30.1 Å². The van der Waals surface area contributed by atoms with Gasteiger partial charge in [-0.2, -0.15) is 17.4 Å². The number of aliphatic carboxylic acids is 1. The van der Waals surface area contributed by atoms with Crippen molar-refractivity contribution >= 4 is 16.2 Å². The summed E-state index contributed by atoms with van der Waals surface area (Å²) in [4.78, 5) is 14.8. The first kappa shape index (κ1) is 15.9. The second-order valence-electron chi connectivity index (χ2n) is 5.14. The summed E-state index contributed by atoms with van der Waals surface area (Å²) in [6.45, 7) is 2.22. The van der Waals surface area contributed by atoms with Gasteiger partial charge in [0.2, 0.25) is 0 Å². The third-order valence-electron chi connectivity index (χ3n) is 3.67. The highest BCUT2D eigenvalue weighted by atomic mass is 32.2. The van der Waals surface area contributed by atoms with Gasteiger partial charge in [-0.3, -0.25) is 9.78 Å².